The van der Waals surface area contributed by atoms with E-state index >= 15 is 0 Å². The van der Waals surface area contributed by atoms with Crippen LogP contribution in [0.2, 0.25) is 0 Å². The van der Waals surface area contributed by atoms with Crippen LogP contribution in [0.25, 0.3) is 10.8 Å². The van der Waals surface area contributed by atoms with Gasteiger partial charge in [-0.1, -0.05) is 41.6 Å². The van der Waals surface area contributed by atoms with E-state index in [4.69, 9.17) is 4.52 Å². The number of nitrogens with zero attached hydrogens (tertiary/aromatic N) is 3. The van der Waals surface area contributed by atoms with Crippen LogP contribution in [0.1, 0.15) is 49.0 Å². The van der Waals surface area contributed by atoms with Crippen molar-refractivity contribution < 1.29 is 4.52 Å². The van der Waals surface area contributed by atoms with Gasteiger partial charge in [-0.15, -0.1) is 0 Å². The van der Waals surface area contributed by atoms with E-state index in [-0.39, 0.29) is 0 Å². The number of benzene rings is 2. The minimum absolute atomic E-state index is 0.409. The molecule has 0 aliphatic carbocycles. The quantitative estimate of drug-likeness (QED) is 0.713. The van der Waals surface area contributed by atoms with E-state index in [2.05, 4.69) is 64.4 Å². The smallest absolute Gasteiger partial charge is 0.229 e. The summed E-state index contributed by atoms with van der Waals surface area (Å²) in [7, 11) is 0. The average molecular weight is 321 g/mol. The Morgan fingerprint density at radius 3 is 2.54 bits per heavy atom. The van der Waals surface area contributed by atoms with Crippen molar-refractivity contribution in [2.24, 2.45) is 0 Å². The number of aromatic nitrogens is 2. The second kappa shape index (κ2) is 6.36. The van der Waals surface area contributed by atoms with Gasteiger partial charge in [-0.2, -0.15) is 4.98 Å². The minimum Gasteiger partial charge on any atom is -0.339 e. The molecule has 1 aliphatic heterocycles. The summed E-state index contributed by atoms with van der Waals surface area (Å²) < 4.78 is 5.35. The molecule has 0 saturated carbocycles. The number of piperidine rings is 1. The Bertz CT molecular complexity index is 834. The van der Waals surface area contributed by atoms with Gasteiger partial charge in [-0.3, -0.25) is 4.90 Å². The molecule has 1 atom stereocenters. The van der Waals surface area contributed by atoms with E-state index in [1.807, 2.05) is 6.92 Å². The lowest BCUT2D eigenvalue weighted by Gasteiger charge is -2.35. The van der Waals surface area contributed by atoms with E-state index in [9.17, 15) is 0 Å². The van der Waals surface area contributed by atoms with Crippen LogP contribution >= 0.6 is 0 Å². The van der Waals surface area contributed by atoms with Crippen LogP contribution in [0.4, 0.5) is 0 Å². The lowest BCUT2D eigenvalue weighted by Crippen LogP contribution is -2.35. The van der Waals surface area contributed by atoms with Gasteiger partial charge >= 0.3 is 0 Å². The van der Waals surface area contributed by atoms with Crippen molar-refractivity contribution in [2.75, 3.05) is 13.1 Å². The lowest BCUT2D eigenvalue weighted by atomic mass is 9.94. The van der Waals surface area contributed by atoms with Crippen LogP contribution in [0.5, 0.6) is 0 Å². The Kier molecular flexibility index (Phi) is 4.07. The highest BCUT2D eigenvalue weighted by Gasteiger charge is 2.27. The summed E-state index contributed by atoms with van der Waals surface area (Å²) >= 11 is 0. The van der Waals surface area contributed by atoms with E-state index in [0.717, 1.165) is 37.6 Å². The zero-order valence-corrected chi connectivity index (χ0v) is 14.3. The summed E-state index contributed by atoms with van der Waals surface area (Å²) in [5.41, 5.74) is 1.39. The molecule has 4 nitrogen and oxygen atoms in total. The normalized spacial score (nSPS) is 18.1. The van der Waals surface area contributed by atoms with Gasteiger partial charge in [0.05, 0.1) is 0 Å². The Labute approximate surface area is 142 Å². The monoisotopic (exact) mass is 321 g/mol. The van der Waals surface area contributed by atoms with Gasteiger partial charge in [0.25, 0.3) is 0 Å². The fourth-order valence-corrected chi connectivity index (χ4v) is 3.69. The van der Waals surface area contributed by atoms with Crippen LogP contribution in [0.3, 0.4) is 0 Å². The third-order valence-corrected chi connectivity index (χ3v) is 5.23. The molecule has 124 valence electrons. The minimum atomic E-state index is 0.409. The van der Waals surface area contributed by atoms with Crippen molar-refractivity contribution in [3.63, 3.8) is 0 Å². The second-order valence-electron chi connectivity index (χ2n) is 6.77. The van der Waals surface area contributed by atoms with Crippen molar-refractivity contribution >= 4 is 10.8 Å². The van der Waals surface area contributed by atoms with Crippen LogP contribution < -0.4 is 0 Å². The van der Waals surface area contributed by atoms with Gasteiger partial charge in [-0.05, 0) is 62.2 Å². The predicted molar refractivity (Wildman–Crippen MR) is 94.9 cm³/mol. The maximum atomic E-state index is 5.35. The summed E-state index contributed by atoms with van der Waals surface area (Å²) in [5.74, 6) is 1.95. The predicted octanol–water partition coefficient (Wildman–Crippen LogP) is 4.47. The number of rotatable bonds is 3. The maximum absolute atomic E-state index is 5.35. The molecule has 4 heteroatoms. The fourth-order valence-electron chi connectivity index (χ4n) is 3.69. The summed E-state index contributed by atoms with van der Waals surface area (Å²) in [6.45, 7) is 6.32. The molecule has 2 heterocycles. The number of hydrogen-bond acceptors (Lipinski definition) is 4. The van der Waals surface area contributed by atoms with E-state index in [0.29, 0.717) is 12.0 Å². The number of likely N-dealkylation sites (tertiary alicyclic amines) is 1. The number of hydrogen-bond donors (Lipinski definition) is 0. The molecule has 0 N–H and O–H groups in total. The highest BCUT2D eigenvalue weighted by Crippen LogP contribution is 2.32. The molecule has 0 amide bonds. The Balaban J connectivity index is 1.46. The van der Waals surface area contributed by atoms with Crippen molar-refractivity contribution in [3.8, 4) is 0 Å². The van der Waals surface area contributed by atoms with Crippen LogP contribution in [-0.4, -0.2) is 28.1 Å². The SMILES string of the molecule is Cc1noc(C2CCN([C@@H](C)c3ccc4ccccc4c3)CC2)n1. The molecule has 1 fully saturated rings. The third-order valence-electron chi connectivity index (χ3n) is 5.23. The zero-order valence-electron chi connectivity index (χ0n) is 14.3. The molecule has 1 aromatic heterocycles. The molecule has 24 heavy (non-hydrogen) atoms. The van der Waals surface area contributed by atoms with Crippen molar-refractivity contribution in [3.05, 3.63) is 59.7 Å². The summed E-state index contributed by atoms with van der Waals surface area (Å²) in [4.78, 5) is 6.96. The molecular formula is C20H23N3O. The highest BCUT2D eigenvalue weighted by atomic mass is 16.5. The van der Waals surface area contributed by atoms with Crippen LogP contribution in [0, 0.1) is 6.92 Å². The van der Waals surface area contributed by atoms with Crippen molar-refractivity contribution in [1.29, 1.82) is 0 Å². The maximum Gasteiger partial charge on any atom is 0.229 e. The van der Waals surface area contributed by atoms with Gasteiger partial charge < -0.3 is 4.52 Å². The molecule has 3 aromatic rings. The van der Waals surface area contributed by atoms with Gasteiger partial charge in [-0.25, -0.2) is 0 Å². The van der Waals surface area contributed by atoms with Crippen molar-refractivity contribution in [2.45, 2.75) is 38.6 Å². The van der Waals surface area contributed by atoms with Gasteiger partial charge in [0, 0.05) is 12.0 Å². The Hall–Kier alpha value is -2.20. The van der Waals surface area contributed by atoms with Gasteiger partial charge in [0.2, 0.25) is 5.89 Å². The molecule has 0 radical (unpaired) electrons. The molecule has 0 spiro atoms. The third kappa shape index (κ3) is 2.94. The molecule has 1 aliphatic rings. The molecular weight excluding hydrogens is 298 g/mol. The second-order valence-corrected chi connectivity index (χ2v) is 6.77. The van der Waals surface area contributed by atoms with Gasteiger partial charge in [0.15, 0.2) is 5.82 Å². The molecule has 2 aromatic carbocycles. The highest BCUT2D eigenvalue weighted by molar-refractivity contribution is 5.83. The first-order valence-electron chi connectivity index (χ1n) is 8.73. The zero-order chi connectivity index (χ0) is 16.5. The van der Waals surface area contributed by atoms with E-state index in [1.54, 1.807) is 0 Å². The van der Waals surface area contributed by atoms with Gasteiger partial charge in [0.1, 0.15) is 0 Å². The largest absolute Gasteiger partial charge is 0.339 e. The fraction of sp³-hybridized carbons (Fsp3) is 0.400. The first-order valence-corrected chi connectivity index (χ1v) is 8.73. The number of aryl methyl sites for hydroxylation is 1. The van der Waals surface area contributed by atoms with E-state index in [1.165, 1.54) is 16.3 Å². The Morgan fingerprint density at radius 2 is 1.83 bits per heavy atom. The van der Waals surface area contributed by atoms with Crippen LogP contribution in [0.15, 0.2) is 47.0 Å². The molecule has 4 rings (SSSR count). The molecule has 0 bridgehead atoms. The topological polar surface area (TPSA) is 42.2 Å². The van der Waals surface area contributed by atoms with Crippen molar-refractivity contribution in [1.82, 2.24) is 15.0 Å². The molecule has 1 saturated heterocycles. The summed E-state index contributed by atoms with van der Waals surface area (Å²) in [6, 6.07) is 15.8. The lowest BCUT2D eigenvalue weighted by molar-refractivity contribution is 0.151. The Morgan fingerprint density at radius 1 is 1.08 bits per heavy atom. The van der Waals surface area contributed by atoms with E-state index < -0.39 is 0 Å². The first-order chi connectivity index (χ1) is 11.7. The number of fused-ring (bicyclic) bond motifs is 1. The van der Waals surface area contributed by atoms with Crippen LogP contribution in [-0.2, 0) is 0 Å². The summed E-state index contributed by atoms with van der Waals surface area (Å²) in [6.07, 6.45) is 2.17. The molecule has 0 unspecified atom stereocenters. The standard InChI is InChI=1S/C20H23N3O/c1-14(18-8-7-16-5-3-4-6-19(16)13-18)23-11-9-17(10-12-23)20-21-15(2)22-24-20/h3-8,13-14,17H,9-12H2,1-2H3/t14-/m0/s1. The first kappa shape index (κ1) is 15.3. The average Bonchev–Trinajstić information content (AvgIpc) is 3.07. The summed E-state index contributed by atoms with van der Waals surface area (Å²) in [5, 5.41) is 6.54.